The monoisotopic (exact) mass is 383 g/mol. The van der Waals surface area contributed by atoms with Crippen molar-refractivity contribution in [2.45, 2.75) is 6.42 Å². The fraction of sp³-hybridized carbons (Fsp3) is 0.0556. The van der Waals surface area contributed by atoms with E-state index in [-0.39, 0.29) is 12.1 Å². The molecule has 0 atom stereocenters. The molecule has 8 nitrogen and oxygen atoms in total. The number of nitro groups is 1. The first kappa shape index (κ1) is 17.5. The van der Waals surface area contributed by atoms with Gasteiger partial charge in [-0.2, -0.15) is 5.10 Å². The van der Waals surface area contributed by atoms with Crippen molar-refractivity contribution in [3.8, 4) is 11.5 Å². The average molecular weight is 383 g/mol. The van der Waals surface area contributed by atoms with Gasteiger partial charge in [0.2, 0.25) is 0 Å². The molecule has 2 aromatic carbocycles. The molecule has 2 N–H and O–H groups in total. The third kappa shape index (κ3) is 3.00. The number of aromatic amines is 2. The van der Waals surface area contributed by atoms with E-state index in [0.717, 1.165) is 12.1 Å². The van der Waals surface area contributed by atoms with Crippen molar-refractivity contribution in [1.29, 1.82) is 0 Å². The molecule has 0 aliphatic carbocycles. The second-order valence-corrected chi connectivity index (χ2v) is 6.01. The maximum absolute atomic E-state index is 13.8. The molecule has 4 rings (SSSR count). The van der Waals surface area contributed by atoms with Crippen molar-refractivity contribution in [3.05, 3.63) is 75.5 Å². The molecular formula is C18H11F2N5O3. The average Bonchev–Trinajstić information content (AvgIpc) is 3.26. The Labute approximate surface area is 155 Å². The van der Waals surface area contributed by atoms with Gasteiger partial charge in [0.1, 0.15) is 17.3 Å². The summed E-state index contributed by atoms with van der Waals surface area (Å²) < 4.78 is 27.7. The summed E-state index contributed by atoms with van der Waals surface area (Å²) >= 11 is 0. The SMILES string of the molecule is O=C(Cc1cn[nH]c1-c1nc2ccc([N+](=O)[O-])cc2[nH]1)c1c(F)cccc1F. The number of fused-ring (bicyclic) bond motifs is 1. The Morgan fingerprint density at radius 1 is 1.18 bits per heavy atom. The van der Waals surface area contributed by atoms with E-state index in [2.05, 4.69) is 20.2 Å². The lowest BCUT2D eigenvalue weighted by Crippen LogP contribution is -2.09. The van der Waals surface area contributed by atoms with Crippen LogP contribution in [0.15, 0.2) is 42.6 Å². The molecule has 0 saturated heterocycles. The third-order valence-electron chi connectivity index (χ3n) is 4.22. The molecular weight excluding hydrogens is 372 g/mol. The second kappa shape index (κ2) is 6.65. The predicted octanol–water partition coefficient (Wildman–Crippen LogP) is 3.56. The van der Waals surface area contributed by atoms with Crippen LogP contribution in [-0.4, -0.2) is 30.9 Å². The van der Waals surface area contributed by atoms with Crippen LogP contribution in [0.2, 0.25) is 0 Å². The van der Waals surface area contributed by atoms with Gasteiger partial charge in [-0.05, 0) is 18.2 Å². The Morgan fingerprint density at radius 3 is 2.64 bits per heavy atom. The summed E-state index contributed by atoms with van der Waals surface area (Å²) in [6, 6.07) is 7.35. The maximum atomic E-state index is 13.8. The van der Waals surface area contributed by atoms with Crippen LogP contribution >= 0.6 is 0 Å². The summed E-state index contributed by atoms with van der Waals surface area (Å²) in [7, 11) is 0. The van der Waals surface area contributed by atoms with E-state index in [4.69, 9.17) is 0 Å². The van der Waals surface area contributed by atoms with Gasteiger partial charge < -0.3 is 4.98 Å². The van der Waals surface area contributed by atoms with E-state index < -0.39 is 27.9 Å². The molecule has 0 amide bonds. The number of H-pyrrole nitrogens is 2. The normalized spacial score (nSPS) is 11.1. The highest BCUT2D eigenvalue weighted by atomic mass is 19.1. The van der Waals surface area contributed by atoms with E-state index in [1.807, 2.05) is 0 Å². The molecule has 0 saturated carbocycles. The minimum atomic E-state index is -0.939. The highest BCUT2D eigenvalue weighted by Crippen LogP contribution is 2.26. The Balaban J connectivity index is 1.69. The first-order valence-corrected chi connectivity index (χ1v) is 8.08. The van der Waals surface area contributed by atoms with Crippen LogP contribution < -0.4 is 0 Å². The van der Waals surface area contributed by atoms with Crippen LogP contribution in [0.5, 0.6) is 0 Å². The number of nitrogens with one attached hydrogen (secondary N) is 2. The number of nitro benzene ring substituents is 1. The largest absolute Gasteiger partial charge is 0.336 e. The van der Waals surface area contributed by atoms with Gasteiger partial charge >= 0.3 is 0 Å². The van der Waals surface area contributed by atoms with Crippen LogP contribution in [0.25, 0.3) is 22.6 Å². The van der Waals surface area contributed by atoms with E-state index in [9.17, 15) is 23.7 Å². The number of ketones is 1. The van der Waals surface area contributed by atoms with Crippen molar-refractivity contribution in [2.24, 2.45) is 0 Å². The Hall–Kier alpha value is -3.95. The van der Waals surface area contributed by atoms with Gasteiger partial charge in [-0.15, -0.1) is 0 Å². The molecule has 0 aliphatic heterocycles. The molecule has 2 heterocycles. The number of nitrogens with zero attached hydrogens (tertiary/aromatic N) is 3. The highest BCUT2D eigenvalue weighted by molar-refractivity contribution is 5.98. The summed E-state index contributed by atoms with van der Waals surface area (Å²) in [5.41, 5.74) is 0.918. The molecule has 2 aromatic heterocycles. The molecule has 4 aromatic rings. The number of Topliss-reactive ketones (excluding diaryl/α,β-unsaturated/α-hetero) is 1. The summed E-state index contributed by atoms with van der Waals surface area (Å²) in [5.74, 6) is -2.33. The summed E-state index contributed by atoms with van der Waals surface area (Å²) in [4.78, 5) is 30.0. The van der Waals surface area contributed by atoms with Crippen LogP contribution in [0.1, 0.15) is 15.9 Å². The summed E-state index contributed by atoms with van der Waals surface area (Å²) in [6.07, 6.45) is 1.06. The number of hydrogen-bond acceptors (Lipinski definition) is 5. The molecule has 0 radical (unpaired) electrons. The Kier molecular flexibility index (Phi) is 4.15. The second-order valence-electron chi connectivity index (χ2n) is 6.01. The number of rotatable bonds is 5. The number of hydrogen-bond donors (Lipinski definition) is 2. The van der Waals surface area contributed by atoms with Gasteiger partial charge in [-0.1, -0.05) is 6.07 Å². The minimum absolute atomic E-state index is 0.0993. The van der Waals surface area contributed by atoms with Gasteiger partial charge in [0.25, 0.3) is 5.69 Å². The molecule has 0 bridgehead atoms. The summed E-state index contributed by atoms with van der Waals surface area (Å²) in [6.45, 7) is 0. The zero-order chi connectivity index (χ0) is 19.8. The van der Waals surface area contributed by atoms with Crippen molar-refractivity contribution >= 4 is 22.5 Å². The van der Waals surface area contributed by atoms with E-state index >= 15 is 0 Å². The van der Waals surface area contributed by atoms with Gasteiger partial charge in [-0.25, -0.2) is 13.8 Å². The molecule has 0 aliphatic rings. The zero-order valence-corrected chi connectivity index (χ0v) is 14.1. The Morgan fingerprint density at radius 2 is 1.93 bits per heavy atom. The van der Waals surface area contributed by atoms with Crippen LogP contribution in [-0.2, 0) is 6.42 Å². The molecule has 0 unspecified atom stereocenters. The maximum Gasteiger partial charge on any atom is 0.271 e. The fourth-order valence-electron chi connectivity index (χ4n) is 2.91. The third-order valence-corrected chi connectivity index (χ3v) is 4.22. The quantitative estimate of drug-likeness (QED) is 0.310. The number of halogens is 2. The molecule has 10 heteroatoms. The van der Waals surface area contributed by atoms with Gasteiger partial charge in [0, 0.05) is 24.1 Å². The van der Waals surface area contributed by atoms with Crippen LogP contribution in [0.3, 0.4) is 0 Å². The molecule has 0 spiro atoms. The van der Waals surface area contributed by atoms with Crippen molar-refractivity contribution < 1.29 is 18.5 Å². The highest BCUT2D eigenvalue weighted by Gasteiger charge is 2.21. The lowest BCUT2D eigenvalue weighted by molar-refractivity contribution is -0.384. The predicted molar refractivity (Wildman–Crippen MR) is 94.7 cm³/mol. The standard InChI is InChI=1S/C18H11F2N5O3/c19-11-2-1-3-12(20)16(11)15(26)6-9-8-21-24-17(9)18-22-13-5-4-10(25(27)28)7-14(13)23-18/h1-5,7-8H,6H2,(H,21,24)(H,22,23). The van der Waals surface area contributed by atoms with E-state index in [1.54, 1.807) is 0 Å². The zero-order valence-electron chi connectivity index (χ0n) is 14.1. The lowest BCUT2D eigenvalue weighted by atomic mass is 10.0. The Bertz CT molecular complexity index is 1210. The van der Waals surface area contributed by atoms with Gasteiger partial charge in [0.15, 0.2) is 11.6 Å². The van der Waals surface area contributed by atoms with Crippen molar-refractivity contribution in [2.75, 3.05) is 0 Å². The number of non-ortho nitro benzene ring substituents is 1. The van der Waals surface area contributed by atoms with Crippen LogP contribution in [0.4, 0.5) is 14.5 Å². The van der Waals surface area contributed by atoms with Gasteiger partial charge in [-0.3, -0.25) is 20.0 Å². The van der Waals surface area contributed by atoms with Crippen LogP contribution in [0, 0.1) is 21.7 Å². The number of aromatic nitrogens is 4. The topological polar surface area (TPSA) is 118 Å². The lowest BCUT2D eigenvalue weighted by Gasteiger charge is -2.04. The van der Waals surface area contributed by atoms with E-state index in [1.165, 1.54) is 30.5 Å². The number of imidazole rings is 1. The van der Waals surface area contributed by atoms with Gasteiger partial charge in [0.05, 0.1) is 27.7 Å². The number of carbonyl (C=O) groups is 1. The first-order chi connectivity index (χ1) is 13.4. The number of carbonyl (C=O) groups excluding carboxylic acids is 1. The van der Waals surface area contributed by atoms with Crippen molar-refractivity contribution in [3.63, 3.8) is 0 Å². The fourth-order valence-corrected chi connectivity index (χ4v) is 2.91. The summed E-state index contributed by atoms with van der Waals surface area (Å²) in [5, 5.41) is 17.5. The first-order valence-electron chi connectivity index (χ1n) is 8.08. The van der Waals surface area contributed by atoms with E-state index in [0.29, 0.717) is 28.1 Å². The molecule has 0 fully saturated rings. The minimum Gasteiger partial charge on any atom is -0.336 e. The number of benzene rings is 2. The smallest absolute Gasteiger partial charge is 0.271 e. The van der Waals surface area contributed by atoms with Crippen molar-refractivity contribution in [1.82, 2.24) is 20.2 Å². The molecule has 140 valence electrons. The molecule has 28 heavy (non-hydrogen) atoms.